The largest absolute Gasteiger partial charge is 0.489 e. The van der Waals surface area contributed by atoms with Crippen molar-refractivity contribution in [3.63, 3.8) is 0 Å². The van der Waals surface area contributed by atoms with Gasteiger partial charge < -0.3 is 9.47 Å². The van der Waals surface area contributed by atoms with Crippen molar-refractivity contribution in [1.82, 2.24) is 0 Å². The molecule has 5 heteroatoms. The molecule has 0 saturated heterocycles. The van der Waals surface area contributed by atoms with Gasteiger partial charge in [-0.05, 0) is 42.0 Å². The Labute approximate surface area is 155 Å². The molecule has 0 bridgehead atoms. The Morgan fingerprint density at radius 3 is 2.36 bits per heavy atom. The third-order valence-electron chi connectivity index (χ3n) is 3.41. The second-order valence-electron chi connectivity index (χ2n) is 5.27. The highest BCUT2D eigenvalue weighted by molar-refractivity contribution is 6.42. The first kappa shape index (κ1) is 17.3. The van der Waals surface area contributed by atoms with E-state index in [9.17, 15) is 4.79 Å². The van der Waals surface area contributed by atoms with Crippen molar-refractivity contribution in [2.24, 2.45) is 0 Å². The first-order valence-corrected chi connectivity index (χ1v) is 8.31. The average Bonchev–Trinajstić information content (AvgIpc) is 2.64. The Morgan fingerprint density at radius 2 is 1.60 bits per heavy atom. The first-order valence-electron chi connectivity index (χ1n) is 7.56. The van der Waals surface area contributed by atoms with Gasteiger partial charge in [-0.3, -0.25) is 0 Å². The summed E-state index contributed by atoms with van der Waals surface area (Å²) in [4.78, 5) is 12.2. The summed E-state index contributed by atoms with van der Waals surface area (Å²) in [5.41, 5.74) is 1.30. The van der Waals surface area contributed by atoms with E-state index in [0.717, 1.165) is 5.56 Å². The van der Waals surface area contributed by atoms with E-state index in [2.05, 4.69) is 0 Å². The topological polar surface area (TPSA) is 35.5 Å². The molecule has 0 fully saturated rings. The number of carbonyl (C=O) groups excluding carboxylic acids is 1. The Bertz CT molecular complexity index is 879. The summed E-state index contributed by atoms with van der Waals surface area (Å²) in [6, 6.07) is 21.1. The lowest BCUT2D eigenvalue weighted by Crippen LogP contribution is -2.09. The van der Waals surface area contributed by atoms with E-state index in [1.807, 2.05) is 24.3 Å². The molecule has 0 amide bonds. The van der Waals surface area contributed by atoms with Crippen LogP contribution in [0.15, 0.2) is 72.8 Å². The van der Waals surface area contributed by atoms with E-state index < -0.39 is 5.97 Å². The SMILES string of the molecule is O=C(Oc1ccccc1)c1cccc(COc2ccc(Cl)c(Cl)c2)c1. The molecule has 3 rings (SSSR count). The molecular formula is C20H14Cl2O3. The van der Waals surface area contributed by atoms with Gasteiger partial charge in [0.1, 0.15) is 18.1 Å². The summed E-state index contributed by atoms with van der Waals surface area (Å²) in [7, 11) is 0. The third-order valence-corrected chi connectivity index (χ3v) is 4.15. The van der Waals surface area contributed by atoms with Crippen LogP contribution in [0.5, 0.6) is 11.5 Å². The molecule has 3 aromatic carbocycles. The van der Waals surface area contributed by atoms with Gasteiger partial charge in [-0.1, -0.05) is 53.5 Å². The molecule has 0 aliphatic heterocycles. The minimum atomic E-state index is -0.414. The fourth-order valence-corrected chi connectivity index (χ4v) is 2.46. The van der Waals surface area contributed by atoms with Gasteiger partial charge in [-0.25, -0.2) is 4.79 Å². The van der Waals surface area contributed by atoms with Crippen LogP contribution in [0.1, 0.15) is 15.9 Å². The predicted molar refractivity (Wildman–Crippen MR) is 98.6 cm³/mol. The van der Waals surface area contributed by atoms with Crippen LogP contribution in [-0.2, 0) is 6.61 Å². The van der Waals surface area contributed by atoms with Crippen molar-refractivity contribution < 1.29 is 14.3 Å². The lowest BCUT2D eigenvalue weighted by Gasteiger charge is -2.09. The van der Waals surface area contributed by atoms with Gasteiger partial charge >= 0.3 is 5.97 Å². The number of hydrogen-bond acceptors (Lipinski definition) is 3. The molecule has 0 radical (unpaired) electrons. The maximum atomic E-state index is 12.2. The molecule has 0 spiro atoms. The van der Waals surface area contributed by atoms with Gasteiger partial charge in [0, 0.05) is 6.07 Å². The van der Waals surface area contributed by atoms with Crippen molar-refractivity contribution in [3.8, 4) is 11.5 Å². The predicted octanol–water partition coefficient (Wildman–Crippen LogP) is 5.79. The maximum Gasteiger partial charge on any atom is 0.343 e. The average molecular weight is 373 g/mol. The molecule has 0 saturated carbocycles. The Hall–Kier alpha value is -2.49. The number of ether oxygens (including phenoxy) is 2. The van der Waals surface area contributed by atoms with Crippen LogP contribution >= 0.6 is 23.2 Å². The first-order chi connectivity index (χ1) is 12.1. The fraction of sp³-hybridized carbons (Fsp3) is 0.0500. The van der Waals surface area contributed by atoms with Gasteiger partial charge in [0.05, 0.1) is 15.6 Å². The van der Waals surface area contributed by atoms with E-state index in [-0.39, 0.29) is 0 Å². The molecule has 126 valence electrons. The fourth-order valence-electron chi connectivity index (χ4n) is 2.18. The van der Waals surface area contributed by atoms with E-state index in [0.29, 0.717) is 33.7 Å². The molecule has 3 nitrogen and oxygen atoms in total. The van der Waals surface area contributed by atoms with Gasteiger partial charge in [-0.2, -0.15) is 0 Å². The van der Waals surface area contributed by atoms with Crippen LogP contribution in [0.2, 0.25) is 10.0 Å². The number of para-hydroxylation sites is 1. The standard InChI is InChI=1S/C20H14Cl2O3/c21-18-10-9-17(12-19(18)22)24-13-14-5-4-6-15(11-14)20(23)25-16-7-2-1-3-8-16/h1-12H,13H2. The third kappa shape index (κ3) is 4.75. The highest BCUT2D eigenvalue weighted by Gasteiger charge is 2.09. The zero-order valence-electron chi connectivity index (χ0n) is 13.1. The molecule has 0 N–H and O–H groups in total. The number of hydrogen-bond donors (Lipinski definition) is 0. The molecule has 0 heterocycles. The zero-order chi connectivity index (χ0) is 17.6. The van der Waals surface area contributed by atoms with Gasteiger partial charge in [0.2, 0.25) is 0 Å². The highest BCUT2D eigenvalue weighted by atomic mass is 35.5. The van der Waals surface area contributed by atoms with Crippen molar-refractivity contribution >= 4 is 29.2 Å². The van der Waals surface area contributed by atoms with Gasteiger partial charge in [0.25, 0.3) is 0 Å². The molecule has 3 aromatic rings. The Balaban J connectivity index is 1.66. The molecule has 0 aromatic heterocycles. The Kier molecular flexibility index (Phi) is 5.59. The van der Waals surface area contributed by atoms with E-state index in [1.165, 1.54) is 0 Å². The molecule has 0 aliphatic rings. The summed E-state index contributed by atoms with van der Waals surface area (Å²) in [6.45, 7) is 0.296. The van der Waals surface area contributed by atoms with Gasteiger partial charge in [0.15, 0.2) is 0 Å². The van der Waals surface area contributed by atoms with Crippen molar-refractivity contribution in [3.05, 3.63) is 94.0 Å². The maximum absolute atomic E-state index is 12.2. The number of rotatable bonds is 5. The lowest BCUT2D eigenvalue weighted by molar-refractivity contribution is 0.0734. The van der Waals surface area contributed by atoms with Crippen LogP contribution in [0.3, 0.4) is 0 Å². The quantitative estimate of drug-likeness (QED) is 0.419. The molecule has 0 unspecified atom stereocenters. The number of halogens is 2. The summed E-state index contributed by atoms with van der Waals surface area (Å²) in [6.07, 6.45) is 0. The number of carbonyl (C=O) groups is 1. The van der Waals surface area contributed by atoms with Crippen LogP contribution < -0.4 is 9.47 Å². The minimum absolute atomic E-state index is 0.296. The van der Waals surface area contributed by atoms with Crippen LogP contribution in [0, 0.1) is 0 Å². The van der Waals surface area contributed by atoms with Crippen LogP contribution in [0.4, 0.5) is 0 Å². The smallest absolute Gasteiger partial charge is 0.343 e. The van der Waals surface area contributed by atoms with E-state index in [1.54, 1.807) is 48.5 Å². The highest BCUT2D eigenvalue weighted by Crippen LogP contribution is 2.26. The van der Waals surface area contributed by atoms with Crippen molar-refractivity contribution in [1.29, 1.82) is 0 Å². The van der Waals surface area contributed by atoms with Crippen molar-refractivity contribution in [2.45, 2.75) is 6.61 Å². The summed E-state index contributed by atoms with van der Waals surface area (Å²) in [5, 5.41) is 0.902. The van der Waals surface area contributed by atoms with Gasteiger partial charge in [-0.15, -0.1) is 0 Å². The monoisotopic (exact) mass is 372 g/mol. The summed E-state index contributed by atoms with van der Waals surface area (Å²) in [5.74, 6) is 0.694. The molecule has 0 atom stereocenters. The lowest BCUT2D eigenvalue weighted by atomic mass is 10.1. The summed E-state index contributed by atoms with van der Waals surface area (Å²) >= 11 is 11.8. The number of benzene rings is 3. The summed E-state index contributed by atoms with van der Waals surface area (Å²) < 4.78 is 11.0. The Morgan fingerprint density at radius 1 is 0.800 bits per heavy atom. The normalized spacial score (nSPS) is 10.3. The molecular weight excluding hydrogens is 359 g/mol. The second-order valence-corrected chi connectivity index (χ2v) is 6.08. The van der Waals surface area contributed by atoms with E-state index in [4.69, 9.17) is 32.7 Å². The number of esters is 1. The van der Waals surface area contributed by atoms with Crippen LogP contribution in [-0.4, -0.2) is 5.97 Å². The molecule has 0 aliphatic carbocycles. The van der Waals surface area contributed by atoms with E-state index >= 15 is 0 Å². The van der Waals surface area contributed by atoms with Crippen LogP contribution in [0.25, 0.3) is 0 Å². The minimum Gasteiger partial charge on any atom is -0.489 e. The zero-order valence-corrected chi connectivity index (χ0v) is 14.6. The van der Waals surface area contributed by atoms with Crippen molar-refractivity contribution in [2.75, 3.05) is 0 Å². The second kappa shape index (κ2) is 8.06. The molecule has 25 heavy (non-hydrogen) atoms.